The minimum atomic E-state index is 0. The Kier molecular flexibility index (Phi) is 9.49. The molecular formula is C25H35IN4O3. The Labute approximate surface area is 213 Å². The van der Waals surface area contributed by atoms with Gasteiger partial charge in [-0.1, -0.05) is 18.2 Å². The fourth-order valence-electron chi connectivity index (χ4n) is 4.58. The van der Waals surface area contributed by atoms with E-state index in [9.17, 15) is 0 Å². The predicted octanol–water partition coefficient (Wildman–Crippen LogP) is 4.18. The molecule has 2 heterocycles. The molecule has 2 aliphatic heterocycles. The zero-order valence-electron chi connectivity index (χ0n) is 19.7. The van der Waals surface area contributed by atoms with Crippen LogP contribution in [0.25, 0.3) is 0 Å². The molecule has 1 fully saturated rings. The summed E-state index contributed by atoms with van der Waals surface area (Å²) < 4.78 is 16.2. The molecule has 4 rings (SSSR count). The highest BCUT2D eigenvalue weighted by Gasteiger charge is 2.30. The van der Waals surface area contributed by atoms with Gasteiger partial charge in [0.2, 0.25) is 6.79 Å². The summed E-state index contributed by atoms with van der Waals surface area (Å²) in [7, 11) is 3.93. The second-order valence-corrected chi connectivity index (χ2v) is 8.36. The van der Waals surface area contributed by atoms with Crippen LogP contribution in [0.1, 0.15) is 36.9 Å². The molecule has 0 radical (unpaired) electrons. The fourth-order valence-corrected chi connectivity index (χ4v) is 4.58. The van der Waals surface area contributed by atoms with Crippen molar-refractivity contribution in [2.45, 2.75) is 32.4 Å². The van der Waals surface area contributed by atoms with Crippen LogP contribution < -0.4 is 24.8 Å². The van der Waals surface area contributed by atoms with Crippen LogP contribution in [0.15, 0.2) is 47.5 Å². The van der Waals surface area contributed by atoms with Gasteiger partial charge in [0, 0.05) is 19.1 Å². The first-order chi connectivity index (χ1) is 15.7. The molecule has 33 heavy (non-hydrogen) atoms. The molecule has 2 aromatic carbocycles. The van der Waals surface area contributed by atoms with Gasteiger partial charge in [0.05, 0.1) is 13.7 Å². The van der Waals surface area contributed by atoms with Gasteiger partial charge in [0.25, 0.3) is 0 Å². The topological polar surface area (TPSA) is 67.4 Å². The highest BCUT2D eigenvalue weighted by Crippen LogP contribution is 2.35. The summed E-state index contributed by atoms with van der Waals surface area (Å²) in [5, 5.41) is 6.97. The molecule has 8 heteroatoms. The molecule has 1 saturated heterocycles. The van der Waals surface area contributed by atoms with Crippen molar-refractivity contribution in [1.82, 2.24) is 15.5 Å². The van der Waals surface area contributed by atoms with Gasteiger partial charge in [0.1, 0.15) is 5.75 Å². The van der Waals surface area contributed by atoms with E-state index in [1.165, 1.54) is 18.4 Å². The predicted molar refractivity (Wildman–Crippen MR) is 142 cm³/mol. The van der Waals surface area contributed by atoms with Gasteiger partial charge in [-0.3, -0.25) is 4.90 Å². The highest BCUT2D eigenvalue weighted by molar-refractivity contribution is 14.0. The standard InChI is InChI=1S/C25H34N4O3.HI/c1-4-26-25(27-15-18-7-12-22-23(14-18)32-17-31-22)28-16-20-6-5-13-29(2)24(20)19-8-10-21(30-3)11-9-19;/h7-12,14,20,24H,4-6,13,15-17H2,1-3H3,(H2,26,27,28);1H. The smallest absolute Gasteiger partial charge is 0.231 e. The minimum absolute atomic E-state index is 0. The SMILES string of the molecule is CCNC(=NCc1ccc2c(c1)OCO2)NCC1CCCN(C)C1c1ccc(OC)cc1.I. The summed E-state index contributed by atoms with van der Waals surface area (Å²) in [6.07, 6.45) is 2.40. The maximum atomic E-state index is 5.48. The molecule has 0 aliphatic carbocycles. The molecule has 0 bridgehead atoms. The Morgan fingerprint density at radius 1 is 1.12 bits per heavy atom. The lowest BCUT2D eigenvalue weighted by molar-refractivity contribution is 0.122. The maximum Gasteiger partial charge on any atom is 0.231 e. The van der Waals surface area contributed by atoms with Crippen LogP contribution in [-0.4, -0.2) is 51.4 Å². The van der Waals surface area contributed by atoms with E-state index in [1.807, 2.05) is 18.2 Å². The van der Waals surface area contributed by atoms with Gasteiger partial charge in [-0.15, -0.1) is 24.0 Å². The number of hydrogen-bond acceptors (Lipinski definition) is 5. The van der Waals surface area contributed by atoms with Crippen molar-refractivity contribution >= 4 is 29.9 Å². The lowest BCUT2D eigenvalue weighted by Gasteiger charge is -2.40. The summed E-state index contributed by atoms with van der Waals surface area (Å²) in [5.74, 6) is 3.83. The van der Waals surface area contributed by atoms with Gasteiger partial charge < -0.3 is 24.8 Å². The molecule has 2 atom stereocenters. The van der Waals surface area contributed by atoms with Crippen molar-refractivity contribution in [3.63, 3.8) is 0 Å². The first-order valence-electron chi connectivity index (χ1n) is 11.4. The number of piperidine rings is 1. The van der Waals surface area contributed by atoms with Gasteiger partial charge in [0.15, 0.2) is 17.5 Å². The first-order valence-corrected chi connectivity index (χ1v) is 11.4. The normalized spacial score (nSPS) is 20.2. The van der Waals surface area contributed by atoms with Gasteiger partial charge >= 0.3 is 0 Å². The summed E-state index contributed by atoms with van der Waals surface area (Å²) >= 11 is 0. The van der Waals surface area contributed by atoms with Crippen LogP contribution in [0, 0.1) is 5.92 Å². The summed E-state index contributed by atoms with van der Waals surface area (Å²) in [6.45, 7) is 5.77. The van der Waals surface area contributed by atoms with Gasteiger partial charge in [-0.2, -0.15) is 0 Å². The van der Waals surface area contributed by atoms with Crippen molar-refractivity contribution in [2.75, 3.05) is 40.6 Å². The van der Waals surface area contributed by atoms with Crippen LogP contribution in [0.4, 0.5) is 0 Å². The van der Waals surface area contributed by atoms with Crippen LogP contribution in [0.2, 0.25) is 0 Å². The third-order valence-electron chi connectivity index (χ3n) is 6.20. The van der Waals surface area contributed by atoms with Crippen molar-refractivity contribution in [3.8, 4) is 17.2 Å². The molecule has 0 spiro atoms. The number of aliphatic imine (C=N–C) groups is 1. The Hall–Kier alpha value is -2.20. The van der Waals surface area contributed by atoms with Crippen molar-refractivity contribution in [1.29, 1.82) is 0 Å². The zero-order chi connectivity index (χ0) is 22.3. The van der Waals surface area contributed by atoms with Gasteiger partial charge in [-0.25, -0.2) is 4.99 Å². The van der Waals surface area contributed by atoms with E-state index in [2.05, 4.69) is 53.8 Å². The summed E-state index contributed by atoms with van der Waals surface area (Å²) in [6, 6.07) is 14.9. The van der Waals surface area contributed by atoms with Crippen LogP contribution in [0.3, 0.4) is 0 Å². The number of methoxy groups -OCH3 is 1. The Morgan fingerprint density at radius 3 is 2.67 bits per heavy atom. The van der Waals surface area contributed by atoms with Crippen LogP contribution in [0.5, 0.6) is 17.2 Å². The van der Waals surface area contributed by atoms with Crippen LogP contribution >= 0.6 is 24.0 Å². The molecule has 0 aromatic heterocycles. The van der Waals surface area contributed by atoms with Crippen molar-refractivity contribution in [3.05, 3.63) is 53.6 Å². The lowest BCUT2D eigenvalue weighted by atomic mass is 9.85. The van der Waals surface area contributed by atoms with Crippen molar-refractivity contribution < 1.29 is 14.2 Å². The first kappa shape index (κ1) is 25.4. The third-order valence-corrected chi connectivity index (χ3v) is 6.20. The van der Waals surface area contributed by atoms with E-state index in [0.29, 0.717) is 18.5 Å². The Balaban J connectivity index is 0.00000306. The molecule has 2 aliphatic rings. The molecule has 180 valence electrons. The molecule has 2 aromatic rings. The molecule has 2 N–H and O–H groups in total. The molecular weight excluding hydrogens is 531 g/mol. The van der Waals surface area contributed by atoms with E-state index in [-0.39, 0.29) is 30.8 Å². The van der Waals surface area contributed by atoms with Crippen molar-refractivity contribution in [2.24, 2.45) is 10.9 Å². The zero-order valence-corrected chi connectivity index (χ0v) is 22.0. The second-order valence-electron chi connectivity index (χ2n) is 8.36. The van der Waals surface area contributed by atoms with E-state index >= 15 is 0 Å². The van der Waals surface area contributed by atoms with E-state index in [4.69, 9.17) is 19.2 Å². The van der Waals surface area contributed by atoms with E-state index < -0.39 is 0 Å². The van der Waals surface area contributed by atoms with E-state index in [0.717, 1.165) is 48.4 Å². The number of guanidine groups is 1. The number of nitrogens with one attached hydrogen (secondary N) is 2. The second kappa shape index (κ2) is 12.3. The molecule has 0 saturated carbocycles. The largest absolute Gasteiger partial charge is 0.497 e. The molecule has 2 unspecified atom stereocenters. The number of benzene rings is 2. The number of hydrogen-bond donors (Lipinski definition) is 2. The average Bonchev–Trinajstić information content (AvgIpc) is 3.29. The Bertz CT molecular complexity index is 922. The number of rotatable bonds is 7. The average molecular weight is 566 g/mol. The number of nitrogens with zero attached hydrogens (tertiary/aromatic N) is 2. The lowest BCUT2D eigenvalue weighted by Crippen LogP contribution is -2.45. The van der Waals surface area contributed by atoms with Crippen LogP contribution in [-0.2, 0) is 6.54 Å². The Morgan fingerprint density at radius 2 is 1.91 bits per heavy atom. The number of halogens is 1. The monoisotopic (exact) mass is 566 g/mol. The van der Waals surface area contributed by atoms with Gasteiger partial charge in [-0.05, 0) is 74.7 Å². The third kappa shape index (κ3) is 6.44. The minimum Gasteiger partial charge on any atom is -0.497 e. The molecule has 0 amide bonds. The highest BCUT2D eigenvalue weighted by atomic mass is 127. The van der Waals surface area contributed by atoms with E-state index in [1.54, 1.807) is 7.11 Å². The maximum absolute atomic E-state index is 5.48. The number of fused-ring (bicyclic) bond motifs is 1. The fraction of sp³-hybridized carbons (Fsp3) is 0.480. The summed E-state index contributed by atoms with van der Waals surface area (Å²) in [5.41, 5.74) is 2.43. The number of ether oxygens (including phenoxy) is 3. The number of likely N-dealkylation sites (tertiary alicyclic amines) is 1. The summed E-state index contributed by atoms with van der Waals surface area (Å²) in [4.78, 5) is 7.27. The molecule has 7 nitrogen and oxygen atoms in total. The quantitative estimate of drug-likeness (QED) is 0.298.